The maximum absolute atomic E-state index is 3.76. The van der Waals surface area contributed by atoms with Crippen LogP contribution in [0.4, 0.5) is 5.69 Å². The zero-order valence-electron chi connectivity index (χ0n) is 9.61. The molecule has 15 heavy (non-hydrogen) atoms. The lowest BCUT2D eigenvalue weighted by atomic mass is 10.2. The van der Waals surface area contributed by atoms with Gasteiger partial charge in [-0.3, -0.25) is 0 Å². The molecule has 0 saturated carbocycles. The van der Waals surface area contributed by atoms with Crippen LogP contribution in [0.3, 0.4) is 0 Å². The fraction of sp³-hybridized carbons (Fsp3) is 0.286. The van der Waals surface area contributed by atoms with Crippen LogP contribution in [-0.2, 0) is 0 Å². The van der Waals surface area contributed by atoms with Gasteiger partial charge in [0.1, 0.15) is 0 Å². The van der Waals surface area contributed by atoms with E-state index in [4.69, 9.17) is 0 Å². The van der Waals surface area contributed by atoms with E-state index in [0.717, 1.165) is 13.0 Å². The summed E-state index contributed by atoms with van der Waals surface area (Å²) in [5.74, 6) is 0. The third kappa shape index (κ3) is 2.98. The molecule has 0 spiro atoms. The van der Waals surface area contributed by atoms with Gasteiger partial charge < -0.3 is 4.90 Å². The second-order valence-corrected chi connectivity index (χ2v) is 3.33. The van der Waals surface area contributed by atoms with Crippen molar-refractivity contribution >= 4 is 5.69 Å². The lowest BCUT2D eigenvalue weighted by molar-refractivity contribution is 0.895. The SMILES string of the molecule is C=C/C=C(\CC)N(CC)c1ccccc1. The molecule has 0 atom stereocenters. The summed E-state index contributed by atoms with van der Waals surface area (Å²) < 4.78 is 0. The van der Waals surface area contributed by atoms with E-state index in [1.54, 1.807) is 0 Å². The molecule has 0 N–H and O–H groups in total. The van der Waals surface area contributed by atoms with Crippen molar-refractivity contribution in [3.05, 3.63) is 54.8 Å². The molecule has 0 amide bonds. The molecule has 1 aromatic carbocycles. The van der Waals surface area contributed by atoms with E-state index in [1.807, 2.05) is 12.1 Å². The van der Waals surface area contributed by atoms with Crippen LogP contribution >= 0.6 is 0 Å². The molecule has 0 aliphatic carbocycles. The van der Waals surface area contributed by atoms with Crippen molar-refractivity contribution in [2.45, 2.75) is 20.3 Å². The first-order valence-electron chi connectivity index (χ1n) is 5.47. The van der Waals surface area contributed by atoms with Crippen molar-refractivity contribution in [2.75, 3.05) is 11.4 Å². The molecule has 0 saturated heterocycles. The normalized spacial score (nSPS) is 11.2. The minimum atomic E-state index is 0.984. The Kier molecular flexibility index (Phi) is 4.69. The number of rotatable bonds is 5. The lowest BCUT2D eigenvalue weighted by Crippen LogP contribution is -2.21. The summed E-state index contributed by atoms with van der Waals surface area (Å²) in [5.41, 5.74) is 2.55. The monoisotopic (exact) mass is 201 g/mol. The van der Waals surface area contributed by atoms with E-state index < -0.39 is 0 Å². The molecule has 1 aromatic rings. The lowest BCUT2D eigenvalue weighted by Gasteiger charge is -2.25. The zero-order chi connectivity index (χ0) is 11.1. The number of hydrogen-bond acceptors (Lipinski definition) is 1. The summed E-state index contributed by atoms with van der Waals surface area (Å²) in [6.07, 6.45) is 4.95. The van der Waals surface area contributed by atoms with Gasteiger partial charge in [0.2, 0.25) is 0 Å². The van der Waals surface area contributed by atoms with Crippen molar-refractivity contribution < 1.29 is 0 Å². The number of benzene rings is 1. The van der Waals surface area contributed by atoms with E-state index in [9.17, 15) is 0 Å². The second-order valence-electron chi connectivity index (χ2n) is 3.33. The minimum absolute atomic E-state index is 0.984. The molecule has 0 aromatic heterocycles. The van der Waals surface area contributed by atoms with Crippen molar-refractivity contribution in [1.29, 1.82) is 0 Å². The first-order chi connectivity index (χ1) is 7.33. The summed E-state index contributed by atoms with van der Waals surface area (Å²) in [7, 11) is 0. The fourth-order valence-corrected chi connectivity index (χ4v) is 1.69. The van der Waals surface area contributed by atoms with Gasteiger partial charge in [-0.1, -0.05) is 37.8 Å². The van der Waals surface area contributed by atoms with Gasteiger partial charge in [-0.25, -0.2) is 0 Å². The maximum atomic E-state index is 3.76. The van der Waals surface area contributed by atoms with Gasteiger partial charge in [0.25, 0.3) is 0 Å². The second kappa shape index (κ2) is 6.07. The molecule has 0 heterocycles. The topological polar surface area (TPSA) is 3.24 Å². The molecular formula is C14H19N. The maximum Gasteiger partial charge on any atom is 0.0408 e. The minimum Gasteiger partial charge on any atom is -0.345 e. The van der Waals surface area contributed by atoms with Crippen LogP contribution in [0.1, 0.15) is 20.3 Å². The van der Waals surface area contributed by atoms with E-state index in [0.29, 0.717) is 0 Å². The highest BCUT2D eigenvalue weighted by molar-refractivity contribution is 5.52. The molecule has 0 aliphatic heterocycles. The predicted molar refractivity (Wildman–Crippen MR) is 68.0 cm³/mol. The van der Waals surface area contributed by atoms with Gasteiger partial charge in [0.15, 0.2) is 0 Å². The molecule has 0 fully saturated rings. The van der Waals surface area contributed by atoms with Gasteiger partial charge in [-0.2, -0.15) is 0 Å². The van der Waals surface area contributed by atoms with Gasteiger partial charge in [-0.05, 0) is 31.6 Å². The summed E-state index contributed by atoms with van der Waals surface area (Å²) >= 11 is 0. The Hall–Kier alpha value is -1.50. The molecule has 0 radical (unpaired) electrons. The van der Waals surface area contributed by atoms with Crippen LogP contribution in [0, 0.1) is 0 Å². The van der Waals surface area contributed by atoms with E-state index in [1.165, 1.54) is 11.4 Å². The Morgan fingerprint density at radius 1 is 1.27 bits per heavy atom. The smallest absolute Gasteiger partial charge is 0.0408 e. The molecule has 1 nitrogen and oxygen atoms in total. The Balaban J connectivity index is 2.97. The molecule has 0 bridgehead atoms. The van der Waals surface area contributed by atoms with Crippen LogP contribution in [0.15, 0.2) is 54.8 Å². The van der Waals surface area contributed by atoms with E-state index in [-0.39, 0.29) is 0 Å². The van der Waals surface area contributed by atoms with Gasteiger partial charge in [0, 0.05) is 17.9 Å². The van der Waals surface area contributed by atoms with E-state index >= 15 is 0 Å². The van der Waals surface area contributed by atoms with Crippen molar-refractivity contribution in [2.24, 2.45) is 0 Å². The van der Waals surface area contributed by atoms with Crippen LogP contribution in [0.5, 0.6) is 0 Å². The van der Waals surface area contributed by atoms with Crippen LogP contribution in [-0.4, -0.2) is 6.54 Å². The van der Waals surface area contributed by atoms with Crippen LogP contribution in [0.2, 0.25) is 0 Å². The Bertz CT molecular complexity index is 324. The Morgan fingerprint density at radius 3 is 2.40 bits per heavy atom. The molecule has 80 valence electrons. The quantitative estimate of drug-likeness (QED) is 0.651. The number of allylic oxidation sites excluding steroid dienone is 3. The molecule has 1 rings (SSSR count). The molecule has 1 heteroatoms. The average molecular weight is 201 g/mol. The highest BCUT2D eigenvalue weighted by atomic mass is 15.1. The third-order valence-electron chi connectivity index (χ3n) is 2.40. The highest BCUT2D eigenvalue weighted by Gasteiger charge is 2.06. The largest absolute Gasteiger partial charge is 0.345 e. The van der Waals surface area contributed by atoms with Crippen LogP contribution < -0.4 is 4.90 Å². The van der Waals surface area contributed by atoms with Crippen LogP contribution in [0.25, 0.3) is 0 Å². The molecule has 0 unspecified atom stereocenters. The summed E-state index contributed by atoms with van der Waals surface area (Å²) in [4.78, 5) is 2.31. The highest BCUT2D eigenvalue weighted by Crippen LogP contribution is 2.20. The third-order valence-corrected chi connectivity index (χ3v) is 2.40. The van der Waals surface area contributed by atoms with Gasteiger partial charge in [0.05, 0.1) is 0 Å². The summed E-state index contributed by atoms with van der Waals surface area (Å²) in [5, 5.41) is 0. The Labute approximate surface area is 92.7 Å². The zero-order valence-corrected chi connectivity index (χ0v) is 9.61. The van der Waals surface area contributed by atoms with Crippen molar-refractivity contribution in [3.63, 3.8) is 0 Å². The standard InChI is InChI=1S/C14H19N/c1-4-10-13(5-2)15(6-3)14-11-8-7-9-12-14/h4,7-12H,1,5-6H2,2-3H3/b13-10+. The van der Waals surface area contributed by atoms with E-state index in [2.05, 4.69) is 55.7 Å². The summed E-state index contributed by atoms with van der Waals surface area (Å²) in [6, 6.07) is 10.4. The number of para-hydroxylation sites is 1. The van der Waals surface area contributed by atoms with Crippen molar-refractivity contribution in [3.8, 4) is 0 Å². The average Bonchev–Trinajstić information content (AvgIpc) is 2.30. The number of hydrogen-bond donors (Lipinski definition) is 0. The number of anilines is 1. The first kappa shape index (κ1) is 11.6. The summed E-state index contributed by atoms with van der Waals surface area (Å²) in [6.45, 7) is 9.07. The van der Waals surface area contributed by atoms with Gasteiger partial charge in [-0.15, -0.1) is 0 Å². The first-order valence-corrected chi connectivity index (χ1v) is 5.47. The predicted octanol–water partition coefficient (Wildman–Crippen LogP) is 3.99. The van der Waals surface area contributed by atoms with Gasteiger partial charge >= 0.3 is 0 Å². The fourth-order valence-electron chi connectivity index (χ4n) is 1.69. The Morgan fingerprint density at radius 2 is 1.93 bits per heavy atom. The number of nitrogens with zero attached hydrogens (tertiary/aromatic N) is 1. The van der Waals surface area contributed by atoms with Crippen molar-refractivity contribution in [1.82, 2.24) is 0 Å². The molecule has 0 aliphatic rings. The molecular weight excluding hydrogens is 182 g/mol.